The minimum absolute atomic E-state index is 0.0717. The Morgan fingerprint density at radius 3 is 2.95 bits per heavy atom. The highest BCUT2D eigenvalue weighted by Crippen LogP contribution is 2.16. The number of nitrogens with one attached hydrogen (secondary N) is 2. The van der Waals surface area contributed by atoms with E-state index < -0.39 is 0 Å². The number of aromatic hydroxyl groups is 1. The molecule has 1 fully saturated rings. The van der Waals surface area contributed by atoms with Crippen molar-refractivity contribution in [3.8, 4) is 5.75 Å². The zero-order valence-corrected chi connectivity index (χ0v) is 11.6. The molecule has 0 aliphatic carbocycles. The van der Waals surface area contributed by atoms with Crippen LogP contribution in [0.25, 0.3) is 0 Å². The van der Waals surface area contributed by atoms with Gasteiger partial charge in [-0.25, -0.2) is 0 Å². The number of piperidine rings is 1. The van der Waals surface area contributed by atoms with Gasteiger partial charge < -0.3 is 15.7 Å². The molecule has 0 radical (unpaired) electrons. The van der Waals surface area contributed by atoms with Crippen LogP contribution < -0.4 is 10.6 Å². The van der Waals surface area contributed by atoms with Gasteiger partial charge in [-0.3, -0.25) is 4.79 Å². The third-order valence-corrected chi connectivity index (χ3v) is 3.67. The van der Waals surface area contributed by atoms with E-state index in [-0.39, 0.29) is 11.7 Å². The molecule has 1 saturated heterocycles. The van der Waals surface area contributed by atoms with E-state index in [0.717, 1.165) is 12.0 Å². The van der Waals surface area contributed by atoms with E-state index in [9.17, 15) is 9.90 Å². The lowest BCUT2D eigenvalue weighted by Gasteiger charge is -2.28. The molecule has 0 aromatic heterocycles. The quantitative estimate of drug-likeness (QED) is 0.780. The van der Waals surface area contributed by atoms with Gasteiger partial charge in [-0.2, -0.15) is 0 Å². The van der Waals surface area contributed by atoms with Crippen molar-refractivity contribution in [2.24, 2.45) is 0 Å². The molecule has 2 rings (SSSR count). The van der Waals surface area contributed by atoms with Crippen molar-refractivity contribution in [3.63, 3.8) is 0 Å². The Morgan fingerprint density at radius 1 is 1.47 bits per heavy atom. The van der Waals surface area contributed by atoms with Crippen LogP contribution in [0.15, 0.2) is 18.2 Å². The highest BCUT2D eigenvalue weighted by atomic mass is 16.3. The summed E-state index contributed by atoms with van der Waals surface area (Å²) in [4.78, 5) is 12.1. The molecule has 0 spiro atoms. The van der Waals surface area contributed by atoms with Crippen LogP contribution in [-0.4, -0.2) is 29.6 Å². The molecule has 1 aromatic rings. The maximum Gasteiger partial charge on any atom is 0.251 e. The third-order valence-electron chi connectivity index (χ3n) is 3.67. The second-order valence-electron chi connectivity index (χ2n) is 5.40. The first-order chi connectivity index (χ1) is 9.06. The molecule has 2 unspecified atom stereocenters. The molecule has 1 heterocycles. The zero-order valence-electron chi connectivity index (χ0n) is 11.6. The van der Waals surface area contributed by atoms with Crippen LogP contribution in [0.4, 0.5) is 0 Å². The lowest BCUT2D eigenvalue weighted by Crippen LogP contribution is -2.47. The van der Waals surface area contributed by atoms with E-state index in [2.05, 4.69) is 17.6 Å². The average molecular weight is 262 g/mol. The Bertz CT molecular complexity index is 459. The highest BCUT2D eigenvalue weighted by Gasteiger charge is 2.18. The highest BCUT2D eigenvalue weighted by molar-refractivity contribution is 5.95. The van der Waals surface area contributed by atoms with Gasteiger partial charge in [-0.1, -0.05) is 6.42 Å². The predicted octanol–water partition coefficient (Wildman–Crippen LogP) is 1.96. The number of hydrogen-bond donors (Lipinski definition) is 3. The molecule has 1 aromatic carbocycles. The summed E-state index contributed by atoms with van der Waals surface area (Å²) in [7, 11) is 0. The maximum atomic E-state index is 12.1. The fraction of sp³-hybridized carbons (Fsp3) is 0.533. The van der Waals surface area contributed by atoms with Crippen molar-refractivity contribution in [1.29, 1.82) is 0 Å². The molecule has 1 amide bonds. The molecule has 0 bridgehead atoms. The first kappa shape index (κ1) is 13.9. The minimum atomic E-state index is -0.0717. The van der Waals surface area contributed by atoms with E-state index in [1.54, 1.807) is 18.2 Å². The molecule has 4 nitrogen and oxygen atoms in total. The second kappa shape index (κ2) is 6.06. The fourth-order valence-electron chi connectivity index (χ4n) is 2.61. The largest absolute Gasteiger partial charge is 0.508 e. The van der Waals surface area contributed by atoms with E-state index in [4.69, 9.17) is 0 Å². The Kier molecular flexibility index (Phi) is 4.43. The van der Waals surface area contributed by atoms with Crippen molar-refractivity contribution in [3.05, 3.63) is 29.3 Å². The van der Waals surface area contributed by atoms with Crippen LogP contribution in [-0.2, 0) is 0 Å². The molecule has 19 heavy (non-hydrogen) atoms. The number of aryl methyl sites for hydroxylation is 1. The first-order valence-corrected chi connectivity index (χ1v) is 6.90. The van der Waals surface area contributed by atoms with Crippen molar-refractivity contribution >= 4 is 5.91 Å². The molecule has 2 atom stereocenters. The first-order valence-electron chi connectivity index (χ1n) is 6.90. The van der Waals surface area contributed by atoms with E-state index in [1.807, 2.05) is 6.92 Å². The SMILES string of the molecule is Cc1cc(O)ccc1C(=O)NCC1CCCC(C)N1. The van der Waals surface area contributed by atoms with Gasteiger partial charge in [-0.15, -0.1) is 0 Å². The number of carbonyl (C=O) groups excluding carboxylic acids is 1. The molecule has 1 aliphatic heterocycles. The van der Waals surface area contributed by atoms with Crippen LogP contribution in [0.2, 0.25) is 0 Å². The van der Waals surface area contributed by atoms with Crippen molar-refractivity contribution < 1.29 is 9.90 Å². The van der Waals surface area contributed by atoms with Gasteiger partial charge in [0.1, 0.15) is 5.75 Å². The number of phenolic OH excluding ortho intramolecular Hbond substituents is 1. The summed E-state index contributed by atoms with van der Waals surface area (Å²) in [6, 6.07) is 5.71. The minimum Gasteiger partial charge on any atom is -0.508 e. The normalized spacial score (nSPS) is 23.1. The fourth-order valence-corrected chi connectivity index (χ4v) is 2.61. The third kappa shape index (κ3) is 3.70. The average Bonchev–Trinajstić information content (AvgIpc) is 2.36. The van der Waals surface area contributed by atoms with E-state index >= 15 is 0 Å². The topological polar surface area (TPSA) is 61.4 Å². The van der Waals surface area contributed by atoms with Crippen LogP contribution in [0.5, 0.6) is 5.75 Å². The van der Waals surface area contributed by atoms with Gasteiger partial charge in [0.15, 0.2) is 0 Å². The van der Waals surface area contributed by atoms with Crippen LogP contribution in [0.3, 0.4) is 0 Å². The zero-order chi connectivity index (χ0) is 13.8. The van der Waals surface area contributed by atoms with Crippen LogP contribution in [0.1, 0.15) is 42.1 Å². The monoisotopic (exact) mass is 262 g/mol. The predicted molar refractivity (Wildman–Crippen MR) is 75.4 cm³/mol. The van der Waals surface area contributed by atoms with Crippen molar-refractivity contribution in [2.75, 3.05) is 6.54 Å². The summed E-state index contributed by atoms with van der Waals surface area (Å²) < 4.78 is 0. The summed E-state index contributed by atoms with van der Waals surface area (Å²) >= 11 is 0. The van der Waals surface area contributed by atoms with Gasteiger partial charge in [0, 0.05) is 24.2 Å². The summed E-state index contributed by atoms with van der Waals surface area (Å²) in [5.74, 6) is 0.120. The van der Waals surface area contributed by atoms with E-state index in [1.165, 1.54) is 12.8 Å². The van der Waals surface area contributed by atoms with Crippen LogP contribution >= 0.6 is 0 Å². The Hall–Kier alpha value is -1.55. The lowest BCUT2D eigenvalue weighted by atomic mass is 9.99. The number of carbonyl (C=O) groups is 1. The number of benzene rings is 1. The van der Waals surface area contributed by atoms with Gasteiger partial charge in [0.25, 0.3) is 5.91 Å². The van der Waals surface area contributed by atoms with Gasteiger partial charge in [0.05, 0.1) is 0 Å². The standard InChI is InChI=1S/C15H22N2O2/c1-10-8-13(18)6-7-14(10)15(19)16-9-12-5-3-4-11(2)17-12/h6-8,11-12,17-18H,3-5,9H2,1-2H3,(H,16,19). The number of rotatable bonds is 3. The number of phenols is 1. The Morgan fingerprint density at radius 2 is 2.26 bits per heavy atom. The molecular formula is C15H22N2O2. The maximum absolute atomic E-state index is 12.1. The summed E-state index contributed by atoms with van der Waals surface area (Å²) in [6.45, 7) is 4.66. The van der Waals surface area contributed by atoms with E-state index in [0.29, 0.717) is 24.2 Å². The van der Waals surface area contributed by atoms with Gasteiger partial charge in [-0.05, 0) is 50.5 Å². The number of hydrogen-bond acceptors (Lipinski definition) is 3. The van der Waals surface area contributed by atoms with Crippen LogP contribution in [0, 0.1) is 6.92 Å². The summed E-state index contributed by atoms with van der Waals surface area (Å²) in [5.41, 5.74) is 1.42. The molecule has 104 valence electrons. The molecular weight excluding hydrogens is 240 g/mol. The Labute approximate surface area is 114 Å². The summed E-state index contributed by atoms with van der Waals surface area (Å²) in [6.07, 6.45) is 3.54. The molecule has 0 saturated carbocycles. The number of amides is 1. The second-order valence-corrected chi connectivity index (χ2v) is 5.40. The smallest absolute Gasteiger partial charge is 0.251 e. The summed E-state index contributed by atoms with van der Waals surface area (Å²) in [5, 5.41) is 15.8. The van der Waals surface area contributed by atoms with Crippen molar-refractivity contribution in [1.82, 2.24) is 10.6 Å². The van der Waals surface area contributed by atoms with Crippen molar-refractivity contribution in [2.45, 2.75) is 45.2 Å². The lowest BCUT2D eigenvalue weighted by molar-refractivity contribution is 0.0945. The van der Waals surface area contributed by atoms with Gasteiger partial charge >= 0.3 is 0 Å². The molecule has 1 aliphatic rings. The molecule has 4 heteroatoms. The van der Waals surface area contributed by atoms with Gasteiger partial charge in [0.2, 0.25) is 0 Å². The molecule has 3 N–H and O–H groups in total. The Balaban J connectivity index is 1.90.